The van der Waals surface area contributed by atoms with Crippen molar-refractivity contribution in [2.75, 3.05) is 0 Å². The van der Waals surface area contributed by atoms with E-state index in [1.54, 1.807) is 0 Å². The molecule has 3 nitrogen and oxygen atoms in total. The monoisotopic (exact) mass is 166 g/mol. The number of hydrogen-bond acceptors (Lipinski definition) is 3. The van der Waals surface area contributed by atoms with Crippen molar-refractivity contribution in [3.8, 4) is 0 Å². The molecular weight excluding hydrogens is 156 g/mol. The first-order valence-corrected chi connectivity index (χ1v) is 3.29. The maximum atomic E-state index is 10.9. The minimum Gasteiger partial charge on any atom is -0.389 e. The van der Waals surface area contributed by atoms with Crippen LogP contribution in [0.3, 0.4) is 0 Å². The van der Waals surface area contributed by atoms with Gasteiger partial charge in [0.05, 0.1) is 5.92 Å². The first-order valence-electron chi connectivity index (χ1n) is 3.29. The zero-order valence-corrected chi connectivity index (χ0v) is 6.66. The average molecular weight is 166 g/mol. The van der Waals surface area contributed by atoms with Crippen molar-refractivity contribution in [3.63, 3.8) is 0 Å². The van der Waals surface area contributed by atoms with Gasteiger partial charge in [0.1, 0.15) is 0 Å². The van der Waals surface area contributed by atoms with E-state index in [2.05, 4.69) is 24.5 Å². The molecule has 0 amide bonds. The lowest BCUT2D eigenvalue weighted by Gasteiger charge is -2.03. The Morgan fingerprint density at radius 2 is 1.67 bits per heavy atom. The quantitative estimate of drug-likeness (QED) is 0.273. The lowest BCUT2D eigenvalue weighted by molar-refractivity contribution is -0.157. The molecule has 0 fully saturated rings. The van der Waals surface area contributed by atoms with Gasteiger partial charge in [0, 0.05) is 6.08 Å². The largest absolute Gasteiger partial charge is 0.389 e. The second-order valence-corrected chi connectivity index (χ2v) is 1.94. The van der Waals surface area contributed by atoms with Crippen molar-refractivity contribution < 1.29 is 14.3 Å². The van der Waals surface area contributed by atoms with Gasteiger partial charge in [-0.15, -0.1) is 13.2 Å². The van der Waals surface area contributed by atoms with E-state index >= 15 is 0 Å². The summed E-state index contributed by atoms with van der Waals surface area (Å²) in [5.74, 6) is -2.10. The molecule has 64 valence electrons. The van der Waals surface area contributed by atoms with Crippen LogP contribution in [0.25, 0.3) is 0 Å². The zero-order chi connectivity index (χ0) is 9.56. The number of hydrogen-bond donors (Lipinski definition) is 0. The van der Waals surface area contributed by atoms with Crippen LogP contribution in [0.4, 0.5) is 0 Å². The molecule has 0 unspecified atom stereocenters. The number of carbonyl (C=O) groups is 2. The van der Waals surface area contributed by atoms with Gasteiger partial charge < -0.3 is 4.74 Å². The Morgan fingerprint density at radius 1 is 1.17 bits per heavy atom. The van der Waals surface area contributed by atoms with Crippen molar-refractivity contribution in [3.05, 3.63) is 38.0 Å². The maximum Gasteiger partial charge on any atom is 0.337 e. The molecule has 12 heavy (non-hydrogen) atoms. The highest BCUT2D eigenvalue weighted by atomic mass is 16.6. The third-order valence-electron chi connectivity index (χ3n) is 1.15. The molecule has 0 bridgehead atoms. The van der Waals surface area contributed by atoms with Crippen LogP contribution in [0.15, 0.2) is 38.0 Å². The third-order valence-corrected chi connectivity index (χ3v) is 1.15. The van der Waals surface area contributed by atoms with E-state index in [-0.39, 0.29) is 0 Å². The van der Waals surface area contributed by atoms with Gasteiger partial charge in [-0.05, 0) is 0 Å². The van der Waals surface area contributed by atoms with Gasteiger partial charge in [0.15, 0.2) is 0 Å². The van der Waals surface area contributed by atoms with E-state index in [1.807, 2.05) is 0 Å². The van der Waals surface area contributed by atoms with Crippen molar-refractivity contribution >= 4 is 11.9 Å². The lowest BCUT2D eigenvalue weighted by Crippen LogP contribution is -2.16. The van der Waals surface area contributed by atoms with Crippen LogP contribution in [-0.2, 0) is 14.3 Å². The van der Waals surface area contributed by atoms with Gasteiger partial charge in [-0.2, -0.15) is 0 Å². The highest BCUT2D eigenvalue weighted by molar-refractivity contribution is 5.93. The molecule has 0 aromatic rings. The smallest absolute Gasteiger partial charge is 0.337 e. The van der Waals surface area contributed by atoms with Crippen LogP contribution in [0.5, 0.6) is 0 Å². The van der Waals surface area contributed by atoms with E-state index < -0.39 is 17.9 Å². The molecule has 0 saturated carbocycles. The number of esters is 2. The van der Waals surface area contributed by atoms with Crippen molar-refractivity contribution in [2.45, 2.75) is 0 Å². The fourth-order valence-electron chi connectivity index (χ4n) is 0.498. The Kier molecular flexibility index (Phi) is 4.38. The third kappa shape index (κ3) is 2.96. The molecule has 0 N–H and O–H groups in total. The zero-order valence-electron chi connectivity index (χ0n) is 6.66. The van der Waals surface area contributed by atoms with Crippen molar-refractivity contribution in [1.29, 1.82) is 0 Å². The summed E-state index contributed by atoms with van der Waals surface area (Å²) in [4.78, 5) is 21.5. The highest BCUT2D eigenvalue weighted by Gasteiger charge is 2.14. The van der Waals surface area contributed by atoms with Crippen LogP contribution < -0.4 is 0 Å². The molecule has 0 saturated heterocycles. The van der Waals surface area contributed by atoms with Gasteiger partial charge >= 0.3 is 11.9 Å². The fourth-order valence-corrected chi connectivity index (χ4v) is 0.498. The Hall–Kier alpha value is -1.64. The van der Waals surface area contributed by atoms with Gasteiger partial charge in [-0.3, -0.25) is 4.79 Å². The van der Waals surface area contributed by atoms with Crippen LogP contribution in [0.1, 0.15) is 0 Å². The van der Waals surface area contributed by atoms with E-state index in [9.17, 15) is 9.59 Å². The molecule has 0 rings (SSSR count). The number of ether oxygens (including phenoxy) is 1. The fraction of sp³-hybridized carbons (Fsp3) is 0.111. The van der Waals surface area contributed by atoms with E-state index in [4.69, 9.17) is 0 Å². The number of carbonyl (C=O) groups excluding carboxylic acids is 2. The average Bonchev–Trinajstić information content (AvgIpc) is 2.06. The van der Waals surface area contributed by atoms with Gasteiger partial charge in [0.2, 0.25) is 0 Å². The molecule has 0 heterocycles. The maximum absolute atomic E-state index is 10.9. The predicted molar refractivity (Wildman–Crippen MR) is 45.2 cm³/mol. The predicted octanol–water partition coefficient (Wildman–Crippen LogP) is 1.23. The summed E-state index contributed by atoms with van der Waals surface area (Å²) in [6, 6.07) is 0. The Balaban J connectivity index is 4.19. The minimum atomic E-state index is -0.770. The number of rotatable bonds is 4. The summed E-state index contributed by atoms with van der Waals surface area (Å²) < 4.78 is 4.31. The molecule has 0 aliphatic heterocycles. The van der Waals surface area contributed by atoms with Crippen LogP contribution in [0, 0.1) is 5.92 Å². The SMILES string of the molecule is C=CC(=O)OC(=O)C(C=C)C=C. The van der Waals surface area contributed by atoms with Crippen molar-refractivity contribution in [1.82, 2.24) is 0 Å². The first kappa shape index (κ1) is 10.4. The van der Waals surface area contributed by atoms with E-state index in [0.717, 1.165) is 6.08 Å². The molecule has 0 atom stereocenters. The van der Waals surface area contributed by atoms with E-state index in [0.29, 0.717) is 0 Å². The molecular formula is C9H10O3. The van der Waals surface area contributed by atoms with Gasteiger partial charge in [0.25, 0.3) is 0 Å². The van der Waals surface area contributed by atoms with Crippen LogP contribution >= 0.6 is 0 Å². The van der Waals surface area contributed by atoms with Crippen LogP contribution in [-0.4, -0.2) is 11.9 Å². The molecule has 0 spiro atoms. The lowest BCUT2D eigenvalue weighted by atomic mass is 10.1. The second kappa shape index (κ2) is 5.07. The Morgan fingerprint density at radius 3 is 2.00 bits per heavy atom. The normalized spacial score (nSPS) is 8.75. The molecule has 0 aliphatic rings. The minimum absolute atomic E-state index is 0.645. The summed E-state index contributed by atoms with van der Waals surface area (Å²) in [5, 5.41) is 0. The van der Waals surface area contributed by atoms with Gasteiger partial charge in [-0.1, -0.05) is 18.7 Å². The molecule has 0 aliphatic carbocycles. The topological polar surface area (TPSA) is 43.4 Å². The second-order valence-electron chi connectivity index (χ2n) is 1.94. The van der Waals surface area contributed by atoms with Gasteiger partial charge in [-0.25, -0.2) is 4.79 Å². The summed E-state index contributed by atoms with van der Waals surface area (Å²) in [6.45, 7) is 9.90. The molecule has 0 aromatic carbocycles. The molecule has 3 heteroatoms. The summed E-state index contributed by atoms with van der Waals surface area (Å²) in [5.41, 5.74) is 0. The highest BCUT2D eigenvalue weighted by Crippen LogP contribution is 2.02. The van der Waals surface area contributed by atoms with E-state index in [1.165, 1.54) is 12.2 Å². The Bertz CT molecular complexity index is 220. The standard InChI is InChI=1S/C9H10O3/c1-4-7(5-2)9(11)12-8(10)6-3/h4-7H,1-3H2. The van der Waals surface area contributed by atoms with Crippen LogP contribution in [0.2, 0.25) is 0 Å². The summed E-state index contributed by atoms with van der Waals surface area (Å²) in [7, 11) is 0. The Labute approximate surface area is 71.0 Å². The molecule has 0 aromatic heterocycles. The summed E-state index contributed by atoms with van der Waals surface area (Å²) >= 11 is 0. The first-order chi connectivity index (χ1) is 5.65. The molecule has 0 radical (unpaired) electrons. The van der Waals surface area contributed by atoms with Crippen molar-refractivity contribution in [2.24, 2.45) is 5.92 Å². The summed E-state index contributed by atoms with van der Waals surface area (Å²) in [6.07, 6.45) is 3.60.